The van der Waals surface area contributed by atoms with E-state index < -0.39 is 0 Å². The molecular formula is C16H20FN5O. The molecule has 1 aromatic carbocycles. The van der Waals surface area contributed by atoms with Crippen molar-refractivity contribution in [3.8, 4) is 0 Å². The van der Waals surface area contributed by atoms with E-state index in [1.165, 1.54) is 12.1 Å². The van der Waals surface area contributed by atoms with Crippen molar-refractivity contribution >= 4 is 17.4 Å². The van der Waals surface area contributed by atoms with Gasteiger partial charge in [0, 0.05) is 19.2 Å². The van der Waals surface area contributed by atoms with Crippen LogP contribution in [0.1, 0.15) is 16.3 Å². The molecule has 0 fully saturated rings. The highest BCUT2D eigenvalue weighted by Crippen LogP contribution is 2.18. The van der Waals surface area contributed by atoms with Gasteiger partial charge in [-0.05, 0) is 33.2 Å². The van der Waals surface area contributed by atoms with Gasteiger partial charge >= 0.3 is 0 Å². The summed E-state index contributed by atoms with van der Waals surface area (Å²) in [4.78, 5) is 22.4. The zero-order valence-corrected chi connectivity index (χ0v) is 13.4. The summed E-state index contributed by atoms with van der Waals surface area (Å²) in [5.41, 5.74) is 0.541. The van der Waals surface area contributed by atoms with Gasteiger partial charge in [0.2, 0.25) is 0 Å². The molecule has 1 aromatic heterocycles. The van der Waals surface area contributed by atoms with Gasteiger partial charge in [-0.25, -0.2) is 14.4 Å². The van der Waals surface area contributed by atoms with E-state index in [1.54, 1.807) is 25.1 Å². The van der Waals surface area contributed by atoms with Crippen LogP contribution in [-0.2, 0) is 0 Å². The number of hydrogen-bond donors (Lipinski definition) is 2. The second-order valence-corrected chi connectivity index (χ2v) is 5.35. The average Bonchev–Trinajstić information content (AvgIpc) is 2.48. The molecule has 0 radical (unpaired) electrons. The Bertz CT molecular complexity index is 690. The summed E-state index contributed by atoms with van der Waals surface area (Å²) in [5, 5.41) is 5.66. The van der Waals surface area contributed by atoms with Gasteiger partial charge in [0.25, 0.3) is 5.91 Å². The van der Waals surface area contributed by atoms with Gasteiger partial charge < -0.3 is 15.5 Å². The molecule has 0 unspecified atom stereocenters. The number of nitrogens with one attached hydrogen (secondary N) is 2. The van der Waals surface area contributed by atoms with Crippen molar-refractivity contribution in [2.75, 3.05) is 32.5 Å². The fourth-order valence-corrected chi connectivity index (χ4v) is 1.93. The number of likely N-dealkylation sites (N-methyl/N-ethyl adjacent to an activating group) is 1. The Morgan fingerprint density at radius 3 is 2.70 bits per heavy atom. The smallest absolute Gasteiger partial charge is 0.270 e. The average molecular weight is 317 g/mol. The van der Waals surface area contributed by atoms with E-state index in [2.05, 4.69) is 20.6 Å². The number of hydrogen-bond acceptors (Lipinski definition) is 5. The first-order chi connectivity index (χ1) is 11.0. The first-order valence-electron chi connectivity index (χ1n) is 7.26. The van der Waals surface area contributed by atoms with Gasteiger partial charge in [-0.3, -0.25) is 4.79 Å². The molecule has 0 saturated heterocycles. The van der Waals surface area contributed by atoms with Gasteiger partial charge in [0.15, 0.2) is 0 Å². The standard InChI is InChI=1S/C16H20FN5O/c1-11-19-14(16(23)18-8-9-22(2)3)10-15(20-11)21-13-7-5-4-6-12(13)17/h4-7,10H,8-9H2,1-3H3,(H,18,23)(H,19,20,21). The number of aryl methyl sites for hydroxylation is 1. The highest BCUT2D eigenvalue weighted by Gasteiger charge is 2.11. The van der Waals surface area contributed by atoms with Crippen molar-refractivity contribution in [1.82, 2.24) is 20.2 Å². The molecule has 7 heteroatoms. The molecule has 0 spiro atoms. The van der Waals surface area contributed by atoms with Crippen LogP contribution in [0.4, 0.5) is 15.9 Å². The molecule has 2 N–H and O–H groups in total. The minimum atomic E-state index is -0.388. The molecule has 1 heterocycles. The number of amides is 1. The maximum absolute atomic E-state index is 13.7. The molecule has 1 amide bonds. The fourth-order valence-electron chi connectivity index (χ4n) is 1.93. The lowest BCUT2D eigenvalue weighted by Crippen LogP contribution is -2.32. The number of para-hydroxylation sites is 1. The van der Waals surface area contributed by atoms with E-state index in [0.717, 1.165) is 6.54 Å². The Balaban J connectivity index is 2.12. The Morgan fingerprint density at radius 1 is 1.26 bits per heavy atom. The minimum absolute atomic E-state index is 0.245. The maximum atomic E-state index is 13.7. The summed E-state index contributed by atoms with van der Waals surface area (Å²) in [6.45, 7) is 2.93. The Kier molecular flexibility index (Phi) is 5.59. The van der Waals surface area contributed by atoms with E-state index in [4.69, 9.17) is 0 Å². The summed E-state index contributed by atoms with van der Waals surface area (Å²) in [6, 6.07) is 7.78. The van der Waals surface area contributed by atoms with E-state index >= 15 is 0 Å². The highest BCUT2D eigenvalue weighted by atomic mass is 19.1. The second kappa shape index (κ2) is 7.64. The van der Waals surface area contributed by atoms with Crippen LogP contribution in [0.15, 0.2) is 30.3 Å². The summed E-state index contributed by atoms with van der Waals surface area (Å²) in [7, 11) is 3.86. The topological polar surface area (TPSA) is 70.2 Å². The summed E-state index contributed by atoms with van der Waals surface area (Å²) < 4.78 is 13.7. The number of carbonyl (C=O) groups is 1. The van der Waals surface area contributed by atoms with Crippen LogP contribution >= 0.6 is 0 Å². The normalized spacial score (nSPS) is 10.7. The first-order valence-corrected chi connectivity index (χ1v) is 7.26. The number of carbonyl (C=O) groups excluding carboxylic acids is 1. The van der Waals surface area contributed by atoms with Crippen molar-refractivity contribution in [2.45, 2.75) is 6.92 Å². The molecule has 0 atom stereocenters. The molecule has 23 heavy (non-hydrogen) atoms. The van der Waals surface area contributed by atoms with Gasteiger partial charge in [0.05, 0.1) is 5.69 Å². The van der Waals surface area contributed by atoms with Crippen LogP contribution in [0.3, 0.4) is 0 Å². The van der Waals surface area contributed by atoms with E-state index in [0.29, 0.717) is 23.9 Å². The molecule has 2 rings (SSSR count). The fraction of sp³-hybridized carbons (Fsp3) is 0.312. The molecule has 6 nitrogen and oxygen atoms in total. The van der Waals surface area contributed by atoms with Crippen molar-refractivity contribution in [1.29, 1.82) is 0 Å². The zero-order chi connectivity index (χ0) is 16.8. The van der Waals surface area contributed by atoms with Gasteiger partial charge in [-0.2, -0.15) is 0 Å². The Hall–Kier alpha value is -2.54. The monoisotopic (exact) mass is 317 g/mol. The van der Waals surface area contributed by atoms with Gasteiger partial charge in [-0.15, -0.1) is 0 Å². The SMILES string of the molecule is Cc1nc(Nc2ccccc2F)cc(C(=O)NCCN(C)C)n1. The Morgan fingerprint density at radius 2 is 2.00 bits per heavy atom. The molecule has 0 aliphatic rings. The highest BCUT2D eigenvalue weighted by molar-refractivity contribution is 5.93. The number of halogens is 1. The van der Waals surface area contributed by atoms with Crippen molar-refractivity contribution < 1.29 is 9.18 Å². The molecule has 0 aliphatic carbocycles. The molecule has 122 valence electrons. The number of anilines is 2. The van der Waals surface area contributed by atoms with Crippen molar-refractivity contribution in [3.63, 3.8) is 0 Å². The van der Waals surface area contributed by atoms with Crippen LogP contribution in [0.25, 0.3) is 0 Å². The van der Waals surface area contributed by atoms with Crippen LogP contribution in [0.2, 0.25) is 0 Å². The molecule has 0 bridgehead atoms. The Labute approximate surface area is 134 Å². The van der Waals surface area contributed by atoms with E-state index in [9.17, 15) is 9.18 Å². The van der Waals surface area contributed by atoms with Gasteiger partial charge in [0.1, 0.15) is 23.2 Å². The summed E-state index contributed by atoms with van der Waals surface area (Å²) in [6.07, 6.45) is 0. The molecule has 2 aromatic rings. The number of rotatable bonds is 6. The lowest BCUT2D eigenvalue weighted by Gasteiger charge is -2.11. The van der Waals surface area contributed by atoms with Crippen molar-refractivity contribution in [2.24, 2.45) is 0 Å². The molecule has 0 saturated carbocycles. The van der Waals surface area contributed by atoms with Crippen LogP contribution in [0, 0.1) is 12.7 Å². The van der Waals surface area contributed by atoms with Gasteiger partial charge in [-0.1, -0.05) is 12.1 Å². The zero-order valence-electron chi connectivity index (χ0n) is 13.4. The third kappa shape index (κ3) is 5.00. The first kappa shape index (κ1) is 16.8. The van der Waals surface area contributed by atoms with Crippen LogP contribution < -0.4 is 10.6 Å². The van der Waals surface area contributed by atoms with Crippen LogP contribution in [-0.4, -0.2) is 48.0 Å². The quantitative estimate of drug-likeness (QED) is 0.852. The maximum Gasteiger partial charge on any atom is 0.270 e. The third-order valence-corrected chi connectivity index (χ3v) is 3.05. The predicted octanol–water partition coefficient (Wildman–Crippen LogP) is 1.96. The largest absolute Gasteiger partial charge is 0.349 e. The molecular weight excluding hydrogens is 297 g/mol. The number of nitrogens with zero attached hydrogens (tertiary/aromatic N) is 3. The minimum Gasteiger partial charge on any atom is -0.349 e. The lowest BCUT2D eigenvalue weighted by molar-refractivity contribution is 0.0945. The lowest BCUT2D eigenvalue weighted by atomic mass is 10.3. The second-order valence-electron chi connectivity index (χ2n) is 5.35. The number of aromatic nitrogens is 2. The van der Waals surface area contributed by atoms with Crippen LogP contribution in [0.5, 0.6) is 0 Å². The van der Waals surface area contributed by atoms with E-state index in [1.807, 2.05) is 19.0 Å². The van der Waals surface area contributed by atoms with Crippen molar-refractivity contribution in [3.05, 3.63) is 47.7 Å². The van der Waals surface area contributed by atoms with E-state index in [-0.39, 0.29) is 17.4 Å². The summed E-state index contributed by atoms with van der Waals surface area (Å²) in [5.74, 6) is 0.138. The third-order valence-electron chi connectivity index (χ3n) is 3.05. The summed E-state index contributed by atoms with van der Waals surface area (Å²) >= 11 is 0. The predicted molar refractivity (Wildman–Crippen MR) is 87.3 cm³/mol. The number of benzene rings is 1. The molecule has 0 aliphatic heterocycles.